The number of nitro benzene ring substituents is 1. The zero-order valence-corrected chi connectivity index (χ0v) is 14.8. The van der Waals surface area contributed by atoms with Crippen molar-refractivity contribution in [3.63, 3.8) is 0 Å². The topological polar surface area (TPSA) is 114 Å². The van der Waals surface area contributed by atoms with Gasteiger partial charge in [0.2, 0.25) is 11.1 Å². The third-order valence-electron chi connectivity index (χ3n) is 3.30. The van der Waals surface area contributed by atoms with E-state index in [2.05, 4.69) is 20.5 Å². The van der Waals surface area contributed by atoms with Crippen LogP contribution in [0.25, 0.3) is 0 Å². The fourth-order valence-corrected chi connectivity index (χ4v) is 2.92. The van der Waals surface area contributed by atoms with Crippen LogP contribution in [0.15, 0.2) is 53.7 Å². The number of non-ortho nitro benzene ring substituents is 1. The Labute approximate surface area is 157 Å². The fraction of sp³-hybridized carbons (Fsp3) is 0.0625. The van der Waals surface area contributed by atoms with E-state index in [9.17, 15) is 14.9 Å². The van der Waals surface area contributed by atoms with Crippen molar-refractivity contribution in [2.45, 2.75) is 10.9 Å². The minimum absolute atomic E-state index is 0.158. The van der Waals surface area contributed by atoms with Crippen molar-refractivity contribution in [3.05, 3.63) is 74.8 Å². The number of carbonyl (C=O) groups is 1. The first-order valence-corrected chi connectivity index (χ1v) is 8.73. The molecule has 0 aliphatic carbocycles. The molecular formula is C16H12ClN5O3S. The molecule has 0 radical (unpaired) electrons. The van der Waals surface area contributed by atoms with Crippen LogP contribution in [-0.4, -0.2) is 26.0 Å². The van der Waals surface area contributed by atoms with E-state index in [0.29, 0.717) is 15.9 Å². The summed E-state index contributed by atoms with van der Waals surface area (Å²) < 4.78 is 0. The molecular weight excluding hydrogens is 378 g/mol. The molecule has 8 nitrogen and oxygen atoms in total. The van der Waals surface area contributed by atoms with Gasteiger partial charge in [0, 0.05) is 28.5 Å². The Morgan fingerprint density at radius 2 is 2.04 bits per heavy atom. The number of H-pyrrole nitrogens is 1. The van der Waals surface area contributed by atoms with Gasteiger partial charge in [-0.25, -0.2) is 5.10 Å². The number of nitro groups is 1. The molecule has 2 N–H and O–H groups in total. The van der Waals surface area contributed by atoms with E-state index in [1.165, 1.54) is 36.0 Å². The summed E-state index contributed by atoms with van der Waals surface area (Å²) in [7, 11) is 0. The highest BCUT2D eigenvalue weighted by molar-refractivity contribution is 7.98. The first-order chi connectivity index (χ1) is 12.5. The third kappa shape index (κ3) is 4.58. The zero-order chi connectivity index (χ0) is 18.5. The monoisotopic (exact) mass is 389 g/mol. The van der Waals surface area contributed by atoms with Crippen LogP contribution in [0.1, 0.15) is 15.9 Å². The standard InChI is InChI=1S/C16H12ClN5O3S/c17-12-6-4-10(5-7-12)9-26-16-19-15(20-21-16)18-14(23)11-2-1-3-13(8-11)22(24)25/h1-8H,9H2,(H2,18,19,20,21,23). The summed E-state index contributed by atoms with van der Waals surface area (Å²) in [6.45, 7) is 0. The van der Waals surface area contributed by atoms with E-state index in [1.54, 1.807) is 12.1 Å². The number of carbonyl (C=O) groups excluding carboxylic acids is 1. The van der Waals surface area contributed by atoms with Crippen LogP contribution < -0.4 is 5.32 Å². The Balaban J connectivity index is 1.61. The normalized spacial score (nSPS) is 10.5. The van der Waals surface area contributed by atoms with E-state index in [-0.39, 0.29) is 17.2 Å². The lowest BCUT2D eigenvalue weighted by atomic mass is 10.2. The highest BCUT2D eigenvalue weighted by atomic mass is 35.5. The number of hydrogen-bond donors (Lipinski definition) is 2. The second-order valence-corrected chi connectivity index (χ2v) is 6.52. The Hall–Kier alpha value is -2.91. The van der Waals surface area contributed by atoms with Crippen molar-refractivity contribution in [1.82, 2.24) is 15.2 Å². The number of aromatic nitrogens is 3. The number of benzene rings is 2. The maximum atomic E-state index is 12.2. The van der Waals surface area contributed by atoms with Gasteiger partial charge in [-0.15, -0.1) is 5.10 Å². The quantitative estimate of drug-likeness (QED) is 0.375. The van der Waals surface area contributed by atoms with E-state index in [4.69, 9.17) is 11.6 Å². The maximum absolute atomic E-state index is 12.2. The van der Waals surface area contributed by atoms with Crippen molar-refractivity contribution in [2.24, 2.45) is 0 Å². The van der Waals surface area contributed by atoms with Crippen LogP contribution >= 0.6 is 23.4 Å². The molecule has 10 heteroatoms. The average Bonchev–Trinajstić information content (AvgIpc) is 3.08. The molecule has 0 atom stereocenters. The van der Waals surface area contributed by atoms with Gasteiger partial charge in [0.15, 0.2) is 0 Å². The number of hydrogen-bond acceptors (Lipinski definition) is 6. The molecule has 0 saturated heterocycles. The van der Waals surface area contributed by atoms with Gasteiger partial charge in [0.25, 0.3) is 11.6 Å². The number of nitrogens with zero attached hydrogens (tertiary/aromatic N) is 3. The molecule has 0 unspecified atom stereocenters. The molecule has 3 rings (SSSR count). The Bertz CT molecular complexity index is 945. The number of thioether (sulfide) groups is 1. The van der Waals surface area contributed by atoms with Gasteiger partial charge in [-0.05, 0) is 23.8 Å². The molecule has 0 saturated carbocycles. The minimum atomic E-state index is -0.559. The van der Waals surface area contributed by atoms with Crippen LogP contribution in [0, 0.1) is 10.1 Å². The highest BCUT2D eigenvalue weighted by Gasteiger charge is 2.13. The summed E-state index contributed by atoms with van der Waals surface area (Å²) in [5.41, 5.74) is 1.06. The SMILES string of the molecule is O=C(Nc1nc(SCc2ccc(Cl)cc2)n[nH]1)c1cccc([N+](=O)[O-])c1. The predicted molar refractivity (Wildman–Crippen MR) is 98.4 cm³/mol. The van der Waals surface area contributed by atoms with Crippen molar-refractivity contribution in [2.75, 3.05) is 5.32 Å². The highest BCUT2D eigenvalue weighted by Crippen LogP contribution is 2.21. The second-order valence-electron chi connectivity index (χ2n) is 5.14. The third-order valence-corrected chi connectivity index (χ3v) is 4.47. The van der Waals surface area contributed by atoms with Crippen LogP contribution in [0.2, 0.25) is 5.02 Å². The first-order valence-electron chi connectivity index (χ1n) is 7.37. The molecule has 1 aromatic heterocycles. The zero-order valence-electron chi connectivity index (χ0n) is 13.2. The fourth-order valence-electron chi connectivity index (χ4n) is 2.04. The molecule has 3 aromatic rings. The number of halogens is 1. The smallest absolute Gasteiger partial charge is 0.270 e. The summed E-state index contributed by atoms with van der Waals surface area (Å²) in [5, 5.41) is 21.1. The Kier molecular flexibility index (Phi) is 5.49. The van der Waals surface area contributed by atoms with Crippen molar-refractivity contribution < 1.29 is 9.72 Å². The van der Waals surface area contributed by atoms with E-state index < -0.39 is 10.8 Å². The average molecular weight is 390 g/mol. The molecule has 0 aliphatic heterocycles. The predicted octanol–water partition coefficient (Wildman–Crippen LogP) is 3.91. The Morgan fingerprint density at radius 3 is 2.77 bits per heavy atom. The summed E-state index contributed by atoms with van der Waals surface area (Å²) >= 11 is 7.24. The van der Waals surface area contributed by atoms with Gasteiger partial charge in [-0.2, -0.15) is 4.98 Å². The number of nitrogens with one attached hydrogen (secondary N) is 2. The van der Waals surface area contributed by atoms with E-state index in [1.807, 2.05) is 12.1 Å². The summed E-state index contributed by atoms with van der Waals surface area (Å²) in [6, 6.07) is 12.9. The van der Waals surface area contributed by atoms with Crippen molar-refractivity contribution >= 4 is 40.9 Å². The van der Waals surface area contributed by atoms with E-state index >= 15 is 0 Å². The molecule has 1 amide bonds. The lowest BCUT2D eigenvalue weighted by Crippen LogP contribution is -2.13. The number of anilines is 1. The summed E-state index contributed by atoms with van der Waals surface area (Å²) in [5.74, 6) is 0.298. The van der Waals surface area contributed by atoms with Gasteiger partial charge in [-0.1, -0.05) is 41.6 Å². The van der Waals surface area contributed by atoms with Gasteiger partial charge < -0.3 is 0 Å². The van der Waals surface area contributed by atoms with Gasteiger partial charge in [-0.3, -0.25) is 20.2 Å². The largest absolute Gasteiger partial charge is 0.291 e. The lowest BCUT2D eigenvalue weighted by molar-refractivity contribution is -0.384. The number of aromatic amines is 1. The summed E-state index contributed by atoms with van der Waals surface area (Å²) in [4.78, 5) is 26.6. The molecule has 0 aliphatic rings. The van der Waals surface area contributed by atoms with Crippen LogP contribution in [0.5, 0.6) is 0 Å². The molecule has 0 spiro atoms. The molecule has 26 heavy (non-hydrogen) atoms. The van der Waals surface area contributed by atoms with Crippen molar-refractivity contribution in [3.8, 4) is 0 Å². The van der Waals surface area contributed by atoms with Gasteiger partial charge in [0.05, 0.1) is 4.92 Å². The molecule has 2 aromatic carbocycles. The lowest BCUT2D eigenvalue weighted by Gasteiger charge is -2.01. The first kappa shape index (κ1) is 17.9. The van der Waals surface area contributed by atoms with Crippen LogP contribution in [0.4, 0.5) is 11.6 Å². The van der Waals surface area contributed by atoms with Gasteiger partial charge >= 0.3 is 0 Å². The van der Waals surface area contributed by atoms with E-state index in [0.717, 1.165) is 5.56 Å². The Morgan fingerprint density at radius 1 is 1.27 bits per heavy atom. The maximum Gasteiger partial charge on any atom is 0.270 e. The minimum Gasteiger partial charge on any atom is -0.291 e. The molecule has 132 valence electrons. The number of amides is 1. The summed E-state index contributed by atoms with van der Waals surface area (Å²) in [6.07, 6.45) is 0. The number of rotatable bonds is 6. The second kappa shape index (κ2) is 7.98. The van der Waals surface area contributed by atoms with Crippen molar-refractivity contribution in [1.29, 1.82) is 0 Å². The van der Waals surface area contributed by atoms with Gasteiger partial charge in [0.1, 0.15) is 0 Å². The van der Waals surface area contributed by atoms with Crippen LogP contribution in [-0.2, 0) is 5.75 Å². The molecule has 1 heterocycles. The molecule has 0 fully saturated rings. The van der Waals surface area contributed by atoms with Crippen LogP contribution in [0.3, 0.4) is 0 Å². The molecule has 0 bridgehead atoms.